The van der Waals surface area contributed by atoms with Gasteiger partial charge in [-0.05, 0) is 55.7 Å². The number of aliphatic carboxylic acids is 1. The van der Waals surface area contributed by atoms with Crippen molar-refractivity contribution in [1.82, 2.24) is 19.7 Å². The van der Waals surface area contributed by atoms with Gasteiger partial charge in [0.1, 0.15) is 0 Å². The maximum atomic E-state index is 14.2. The zero-order chi connectivity index (χ0) is 23.3. The van der Waals surface area contributed by atoms with E-state index in [0.717, 1.165) is 46.2 Å². The summed E-state index contributed by atoms with van der Waals surface area (Å²) in [7, 11) is 1.46. The molecule has 5 rings (SSSR count). The maximum absolute atomic E-state index is 14.2. The van der Waals surface area contributed by atoms with Crippen molar-refractivity contribution >= 4 is 28.0 Å². The van der Waals surface area contributed by atoms with Crippen molar-refractivity contribution in [2.45, 2.75) is 51.4 Å². The largest absolute Gasteiger partial charge is 0.494 e. The van der Waals surface area contributed by atoms with Crippen LogP contribution in [0, 0.1) is 11.7 Å². The molecule has 1 aliphatic rings. The first-order valence-electron chi connectivity index (χ1n) is 11.3. The van der Waals surface area contributed by atoms with Gasteiger partial charge in [-0.25, -0.2) is 9.37 Å². The number of hydrogen-bond acceptors (Lipinski definition) is 4. The smallest absolute Gasteiger partial charge is 0.306 e. The minimum atomic E-state index is -0.712. The highest BCUT2D eigenvalue weighted by Crippen LogP contribution is 2.45. The van der Waals surface area contributed by atoms with Gasteiger partial charge in [-0.15, -0.1) is 0 Å². The zero-order valence-corrected chi connectivity index (χ0v) is 18.9. The van der Waals surface area contributed by atoms with E-state index in [1.54, 1.807) is 18.3 Å². The van der Waals surface area contributed by atoms with E-state index in [2.05, 4.69) is 34.7 Å². The lowest BCUT2D eigenvalue weighted by Crippen LogP contribution is -2.21. The molecule has 0 unspecified atom stereocenters. The standard InChI is InChI=1S/C25H27FN4O3/c1-13(2)23-21(14-4-6-15(7-5-14)25(31)32)22-19(10-16-12-27-29-24(16)28-22)30(23)17-8-9-18(26)20(11-17)33-3/h8-15H,4-7H2,1-3H3,(H,31,32)(H,27,28,29)/t14-,15-. The average Bonchev–Trinajstić information content (AvgIpc) is 3.39. The highest BCUT2D eigenvalue weighted by Gasteiger charge is 2.33. The molecular formula is C25H27FN4O3. The first-order valence-corrected chi connectivity index (χ1v) is 11.3. The first kappa shape index (κ1) is 21.4. The molecule has 0 saturated heterocycles. The summed E-state index contributed by atoms with van der Waals surface area (Å²) in [6.07, 6.45) is 4.65. The topological polar surface area (TPSA) is 93.0 Å². The number of fused-ring (bicyclic) bond motifs is 2. The molecule has 0 amide bonds. The minimum Gasteiger partial charge on any atom is -0.494 e. The number of nitrogens with one attached hydrogen (secondary N) is 1. The number of carboxylic acid groups (broad SMARTS) is 1. The first-order chi connectivity index (χ1) is 15.9. The Hall–Kier alpha value is -3.42. The molecular weight excluding hydrogens is 423 g/mol. The maximum Gasteiger partial charge on any atom is 0.306 e. The lowest BCUT2D eigenvalue weighted by Gasteiger charge is -2.28. The van der Waals surface area contributed by atoms with Crippen molar-refractivity contribution in [3.05, 3.63) is 47.5 Å². The number of aromatic amines is 1. The van der Waals surface area contributed by atoms with Gasteiger partial charge in [0, 0.05) is 28.4 Å². The van der Waals surface area contributed by atoms with Crippen molar-refractivity contribution in [1.29, 1.82) is 0 Å². The number of hydrogen-bond donors (Lipinski definition) is 2. The SMILES string of the molecule is COc1cc(-n2c(C(C)C)c([C@H]3CC[C@H](C(=O)O)CC3)c3nc4[nH]ncc4cc32)ccc1F. The molecule has 3 aromatic heterocycles. The highest BCUT2D eigenvalue weighted by molar-refractivity contribution is 5.93. The molecule has 1 aromatic carbocycles. The second-order valence-electron chi connectivity index (χ2n) is 9.16. The Balaban J connectivity index is 1.77. The van der Waals surface area contributed by atoms with Gasteiger partial charge in [-0.3, -0.25) is 9.89 Å². The predicted octanol–water partition coefficient (Wildman–Crippen LogP) is 5.53. The van der Waals surface area contributed by atoms with E-state index in [9.17, 15) is 14.3 Å². The van der Waals surface area contributed by atoms with E-state index < -0.39 is 11.8 Å². The molecule has 1 aliphatic carbocycles. The van der Waals surface area contributed by atoms with Gasteiger partial charge in [-0.2, -0.15) is 5.10 Å². The number of nitrogens with zero attached hydrogens (tertiary/aromatic N) is 3. The van der Waals surface area contributed by atoms with Crippen LogP contribution in [-0.2, 0) is 4.79 Å². The van der Waals surface area contributed by atoms with Crippen LogP contribution in [0.2, 0.25) is 0 Å². The summed E-state index contributed by atoms with van der Waals surface area (Å²) < 4.78 is 21.6. The minimum absolute atomic E-state index is 0.166. The molecule has 3 heterocycles. The monoisotopic (exact) mass is 450 g/mol. The molecule has 0 spiro atoms. The van der Waals surface area contributed by atoms with Crippen LogP contribution in [0.15, 0.2) is 30.5 Å². The normalized spacial score (nSPS) is 18.9. The summed E-state index contributed by atoms with van der Waals surface area (Å²) in [5.74, 6) is -0.853. The second kappa shape index (κ2) is 8.17. The van der Waals surface area contributed by atoms with E-state index in [0.29, 0.717) is 18.5 Å². The number of carbonyl (C=O) groups is 1. The number of pyridine rings is 1. The van der Waals surface area contributed by atoms with Crippen LogP contribution in [-0.4, -0.2) is 37.9 Å². The summed E-state index contributed by atoms with van der Waals surface area (Å²) in [5, 5.41) is 17.5. The Labute approximate surface area is 190 Å². The molecule has 172 valence electrons. The third kappa shape index (κ3) is 3.53. The van der Waals surface area contributed by atoms with Gasteiger partial charge in [0.2, 0.25) is 0 Å². The number of H-pyrrole nitrogens is 1. The summed E-state index contributed by atoms with van der Waals surface area (Å²) in [4.78, 5) is 16.5. The lowest BCUT2D eigenvalue weighted by molar-refractivity contribution is -0.142. The Bertz CT molecular complexity index is 1350. The van der Waals surface area contributed by atoms with Crippen molar-refractivity contribution < 1.29 is 19.0 Å². The molecule has 1 fully saturated rings. The summed E-state index contributed by atoms with van der Waals surface area (Å²) in [6, 6.07) is 6.96. The van der Waals surface area contributed by atoms with E-state index in [1.165, 1.54) is 13.2 Å². The Morgan fingerprint density at radius 3 is 2.67 bits per heavy atom. The predicted molar refractivity (Wildman–Crippen MR) is 124 cm³/mol. The molecule has 8 heteroatoms. The molecule has 0 aliphatic heterocycles. The third-order valence-electron chi connectivity index (χ3n) is 6.84. The lowest BCUT2D eigenvalue weighted by atomic mass is 9.77. The quantitative estimate of drug-likeness (QED) is 0.417. The number of benzene rings is 1. The third-order valence-corrected chi connectivity index (χ3v) is 6.84. The Morgan fingerprint density at radius 2 is 2.00 bits per heavy atom. The van der Waals surface area contributed by atoms with E-state index in [4.69, 9.17) is 9.72 Å². The number of carboxylic acids is 1. The van der Waals surface area contributed by atoms with Gasteiger partial charge in [0.05, 0.1) is 30.3 Å². The van der Waals surface area contributed by atoms with E-state index in [-0.39, 0.29) is 23.5 Å². The number of ether oxygens (including phenoxy) is 1. The van der Waals surface area contributed by atoms with E-state index in [1.807, 2.05) is 0 Å². The molecule has 1 saturated carbocycles. The average molecular weight is 451 g/mol. The van der Waals surface area contributed by atoms with Gasteiger partial charge in [0.25, 0.3) is 0 Å². The van der Waals surface area contributed by atoms with Gasteiger partial charge in [0.15, 0.2) is 17.2 Å². The fourth-order valence-corrected chi connectivity index (χ4v) is 5.28. The highest BCUT2D eigenvalue weighted by atomic mass is 19.1. The molecule has 0 atom stereocenters. The van der Waals surface area contributed by atoms with Crippen LogP contribution in [0.4, 0.5) is 4.39 Å². The fraction of sp³-hybridized carbons (Fsp3) is 0.400. The fourth-order valence-electron chi connectivity index (χ4n) is 5.28. The molecule has 0 radical (unpaired) electrons. The summed E-state index contributed by atoms with van der Waals surface area (Å²) >= 11 is 0. The molecule has 33 heavy (non-hydrogen) atoms. The Kier molecular flexibility index (Phi) is 5.31. The van der Waals surface area contributed by atoms with Crippen LogP contribution in [0.25, 0.3) is 27.8 Å². The van der Waals surface area contributed by atoms with E-state index >= 15 is 0 Å². The van der Waals surface area contributed by atoms with Crippen LogP contribution >= 0.6 is 0 Å². The van der Waals surface area contributed by atoms with Crippen LogP contribution in [0.1, 0.15) is 62.6 Å². The summed E-state index contributed by atoms with van der Waals surface area (Å²) in [5.41, 5.74) is 5.60. The number of aromatic nitrogens is 4. The van der Waals surface area contributed by atoms with Gasteiger partial charge < -0.3 is 14.4 Å². The van der Waals surface area contributed by atoms with Crippen molar-refractivity contribution in [3.63, 3.8) is 0 Å². The van der Waals surface area contributed by atoms with Crippen molar-refractivity contribution in [2.75, 3.05) is 7.11 Å². The van der Waals surface area contributed by atoms with Gasteiger partial charge >= 0.3 is 5.97 Å². The molecule has 7 nitrogen and oxygen atoms in total. The van der Waals surface area contributed by atoms with Crippen molar-refractivity contribution in [2.24, 2.45) is 5.92 Å². The number of methoxy groups -OCH3 is 1. The Morgan fingerprint density at radius 1 is 1.24 bits per heavy atom. The van der Waals surface area contributed by atoms with Crippen molar-refractivity contribution in [3.8, 4) is 11.4 Å². The van der Waals surface area contributed by atoms with Crippen LogP contribution in [0.3, 0.4) is 0 Å². The molecule has 2 N–H and O–H groups in total. The number of halogens is 1. The van der Waals surface area contributed by atoms with Crippen LogP contribution in [0.5, 0.6) is 5.75 Å². The molecule has 4 aromatic rings. The second-order valence-corrected chi connectivity index (χ2v) is 9.16. The van der Waals surface area contributed by atoms with Crippen LogP contribution < -0.4 is 4.74 Å². The summed E-state index contributed by atoms with van der Waals surface area (Å²) in [6.45, 7) is 4.29. The number of rotatable bonds is 5. The molecule has 0 bridgehead atoms. The zero-order valence-electron chi connectivity index (χ0n) is 18.9. The van der Waals surface area contributed by atoms with Gasteiger partial charge in [-0.1, -0.05) is 13.8 Å².